The van der Waals surface area contributed by atoms with Gasteiger partial charge < -0.3 is 19.5 Å². The number of ether oxygens (including phenoxy) is 3. The standard InChI is InChI=1S/C20H19F3N2O7/c1-30-16-7-3-12(9-17(16)31-2)4-8-19(27)32-11-18(26)24-14-6-5-13(20(21,22)23)10-15(14)25(28)29/h3,5-7,9-10H,4,8,11H2,1-2H3,(H,24,26). The fourth-order valence-corrected chi connectivity index (χ4v) is 2.65. The van der Waals surface area contributed by atoms with Crippen LogP contribution >= 0.6 is 0 Å². The van der Waals surface area contributed by atoms with Gasteiger partial charge in [0.15, 0.2) is 18.1 Å². The Labute approximate surface area is 180 Å². The second-order valence-electron chi connectivity index (χ2n) is 6.38. The van der Waals surface area contributed by atoms with Crippen LogP contribution in [0, 0.1) is 10.1 Å². The molecule has 0 aliphatic heterocycles. The van der Waals surface area contributed by atoms with Gasteiger partial charge in [-0.2, -0.15) is 13.2 Å². The zero-order chi connectivity index (χ0) is 23.9. The first-order valence-electron chi connectivity index (χ1n) is 9.07. The maximum atomic E-state index is 12.7. The Hall–Kier alpha value is -3.83. The number of methoxy groups -OCH3 is 2. The van der Waals surface area contributed by atoms with Crippen molar-refractivity contribution < 1.29 is 41.9 Å². The Balaban J connectivity index is 1.91. The van der Waals surface area contributed by atoms with E-state index in [0.717, 1.165) is 11.6 Å². The van der Waals surface area contributed by atoms with Crippen molar-refractivity contribution in [2.45, 2.75) is 19.0 Å². The number of carbonyl (C=O) groups is 2. The molecule has 12 heteroatoms. The van der Waals surface area contributed by atoms with E-state index >= 15 is 0 Å². The van der Waals surface area contributed by atoms with Crippen molar-refractivity contribution in [1.82, 2.24) is 0 Å². The molecule has 0 aromatic heterocycles. The molecule has 0 atom stereocenters. The fourth-order valence-electron chi connectivity index (χ4n) is 2.65. The van der Waals surface area contributed by atoms with Gasteiger partial charge in [0.25, 0.3) is 11.6 Å². The van der Waals surface area contributed by atoms with Crippen LogP contribution in [-0.2, 0) is 26.9 Å². The molecule has 0 heterocycles. The summed E-state index contributed by atoms with van der Waals surface area (Å²) in [6, 6.07) is 6.75. The number of nitrogens with one attached hydrogen (secondary N) is 1. The van der Waals surface area contributed by atoms with E-state index in [1.807, 2.05) is 0 Å². The summed E-state index contributed by atoms with van der Waals surface area (Å²) < 4.78 is 53.3. The number of carbonyl (C=O) groups excluding carboxylic acids is 2. The van der Waals surface area contributed by atoms with Crippen LogP contribution in [0.5, 0.6) is 11.5 Å². The lowest BCUT2D eigenvalue weighted by atomic mass is 10.1. The third-order valence-electron chi connectivity index (χ3n) is 4.23. The molecule has 0 unspecified atom stereocenters. The maximum Gasteiger partial charge on any atom is 0.416 e. The summed E-state index contributed by atoms with van der Waals surface area (Å²) in [4.78, 5) is 33.8. The average Bonchev–Trinajstić information content (AvgIpc) is 2.75. The molecule has 1 amide bonds. The van der Waals surface area contributed by atoms with E-state index < -0.39 is 46.5 Å². The highest BCUT2D eigenvalue weighted by atomic mass is 19.4. The van der Waals surface area contributed by atoms with E-state index in [-0.39, 0.29) is 12.8 Å². The van der Waals surface area contributed by atoms with E-state index in [9.17, 15) is 32.9 Å². The Morgan fingerprint density at radius 2 is 1.75 bits per heavy atom. The first kappa shape index (κ1) is 24.4. The molecule has 0 aliphatic rings. The van der Waals surface area contributed by atoms with E-state index in [1.165, 1.54) is 14.2 Å². The first-order chi connectivity index (χ1) is 15.0. The molecule has 172 valence electrons. The van der Waals surface area contributed by atoms with Gasteiger partial charge in [0.1, 0.15) is 5.69 Å². The highest BCUT2D eigenvalue weighted by Crippen LogP contribution is 2.35. The number of nitro groups is 1. The number of halogens is 3. The SMILES string of the molecule is COc1ccc(CCC(=O)OCC(=O)Nc2ccc(C(F)(F)F)cc2[N+](=O)[O-])cc1OC. The molecule has 2 aromatic carbocycles. The predicted molar refractivity (Wildman–Crippen MR) is 106 cm³/mol. The van der Waals surface area contributed by atoms with Crippen LogP contribution in [0.15, 0.2) is 36.4 Å². The van der Waals surface area contributed by atoms with Gasteiger partial charge >= 0.3 is 12.1 Å². The van der Waals surface area contributed by atoms with Crippen LogP contribution in [-0.4, -0.2) is 37.6 Å². The molecule has 0 aliphatic carbocycles. The van der Waals surface area contributed by atoms with Gasteiger partial charge in [0, 0.05) is 12.5 Å². The van der Waals surface area contributed by atoms with Crippen molar-refractivity contribution in [2.75, 3.05) is 26.1 Å². The third kappa shape index (κ3) is 6.59. The van der Waals surface area contributed by atoms with Gasteiger partial charge in [-0.15, -0.1) is 0 Å². The molecule has 1 N–H and O–H groups in total. The molecule has 0 radical (unpaired) electrons. The largest absolute Gasteiger partial charge is 0.493 e. The minimum atomic E-state index is -4.78. The van der Waals surface area contributed by atoms with E-state index in [2.05, 4.69) is 5.32 Å². The van der Waals surface area contributed by atoms with Gasteiger partial charge in [0.05, 0.1) is 24.7 Å². The summed E-state index contributed by atoms with van der Waals surface area (Å²) in [5.74, 6) is -0.645. The Bertz CT molecular complexity index is 1010. The van der Waals surface area contributed by atoms with Crippen molar-refractivity contribution in [3.05, 3.63) is 57.6 Å². The van der Waals surface area contributed by atoms with Crippen LogP contribution < -0.4 is 14.8 Å². The number of anilines is 1. The van der Waals surface area contributed by atoms with Crippen LogP contribution in [0.1, 0.15) is 17.5 Å². The summed E-state index contributed by atoms with van der Waals surface area (Å²) in [6.45, 7) is -0.761. The van der Waals surface area contributed by atoms with E-state index in [1.54, 1.807) is 18.2 Å². The fraction of sp³-hybridized carbons (Fsp3) is 0.300. The third-order valence-corrected chi connectivity index (χ3v) is 4.23. The van der Waals surface area contributed by atoms with E-state index in [4.69, 9.17) is 14.2 Å². The number of amides is 1. The predicted octanol–water partition coefficient (Wildman–Crippen LogP) is 3.75. The molecule has 9 nitrogen and oxygen atoms in total. The molecule has 0 fully saturated rings. The van der Waals surface area contributed by atoms with Crippen molar-refractivity contribution in [1.29, 1.82) is 0 Å². The smallest absolute Gasteiger partial charge is 0.416 e. The van der Waals surface area contributed by atoms with Crippen molar-refractivity contribution in [3.63, 3.8) is 0 Å². The minimum Gasteiger partial charge on any atom is -0.493 e. The highest BCUT2D eigenvalue weighted by molar-refractivity contribution is 5.94. The van der Waals surface area contributed by atoms with Gasteiger partial charge in [-0.3, -0.25) is 19.7 Å². The van der Waals surface area contributed by atoms with Gasteiger partial charge in [0.2, 0.25) is 0 Å². The maximum absolute atomic E-state index is 12.7. The molecule has 0 saturated heterocycles. The number of nitrogens with zero attached hydrogens (tertiary/aromatic N) is 1. The summed E-state index contributed by atoms with van der Waals surface area (Å²) in [6.07, 6.45) is -4.56. The van der Waals surface area contributed by atoms with Crippen molar-refractivity contribution in [2.24, 2.45) is 0 Å². The topological polar surface area (TPSA) is 117 Å². The first-order valence-corrected chi connectivity index (χ1v) is 9.07. The summed E-state index contributed by atoms with van der Waals surface area (Å²) >= 11 is 0. The molecule has 2 rings (SSSR count). The summed E-state index contributed by atoms with van der Waals surface area (Å²) in [5, 5.41) is 13.1. The monoisotopic (exact) mass is 456 g/mol. The van der Waals surface area contributed by atoms with Gasteiger partial charge in [-0.05, 0) is 36.2 Å². The molecule has 0 spiro atoms. The van der Waals surface area contributed by atoms with Crippen LogP contribution in [0.2, 0.25) is 0 Å². The summed E-state index contributed by atoms with van der Waals surface area (Å²) in [5.41, 5.74) is -1.87. The molecule has 0 bridgehead atoms. The lowest BCUT2D eigenvalue weighted by Gasteiger charge is -2.11. The Morgan fingerprint density at radius 1 is 1.06 bits per heavy atom. The summed E-state index contributed by atoms with van der Waals surface area (Å²) in [7, 11) is 2.95. The lowest BCUT2D eigenvalue weighted by Crippen LogP contribution is -2.21. The number of rotatable bonds is 9. The van der Waals surface area contributed by atoms with Crippen molar-refractivity contribution in [3.8, 4) is 11.5 Å². The molecule has 0 saturated carbocycles. The number of hydrogen-bond acceptors (Lipinski definition) is 7. The van der Waals surface area contributed by atoms with Gasteiger partial charge in [-0.25, -0.2) is 0 Å². The van der Waals surface area contributed by atoms with Crippen LogP contribution in [0.3, 0.4) is 0 Å². The number of benzene rings is 2. The quantitative estimate of drug-likeness (QED) is 0.347. The second-order valence-corrected chi connectivity index (χ2v) is 6.38. The van der Waals surface area contributed by atoms with Crippen LogP contribution in [0.25, 0.3) is 0 Å². The number of esters is 1. The highest BCUT2D eigenvalue weighted by Gasteiger charge is 2.33. The molecular formula is C20H19F3N2O7. The number of aryl methyl sites for hydroxylation is 1. The normalized spacial score (nSPS) is 10.9. The Kier molecular flexibility index (Phi) is 7.99. The second kappa shape index (κ2) is 10.5. The Morgan fingerprint density at radius 3 is 2.34 bits per heavy atom. The number of nitro benzene ring substituents is 1. The average molecular weight is 456 g/mol. The zero-order valence-corrected chi connectivity index (χ0v) is 17.0. The van der Waals surface area contributed by atoms with Crippen LogP contribution in [0.4, 0.5) is 24.5 Å². The molecule has 32 heavy (non-hydrogen) atoms. The lowest BCUT2D eigenvalue weighted by molar-refractivity contribution is -0.384. The van der Waals surface area contributed by atoms with E-state index in [0.29, 0.717) is 23.6 Å². The van der Waals surface area contributed by atoms with Crippen molar-refractivity contribution >= 4 is 23.3 Å². The number of hydrogen-bond donors (Lipinski definition) is 1. The zero-order valence-electron chi connectivity index (χ0n) is 17.0. The van der Waals surface area contributed by atoms with Gasteiger partial charge in [-0.1, -0.05) is 6.07 Å². The molecular weight excluding hydrogens is 437 g/mol. The molecule has 2 aromatic rings. The number of alkyl halides is 3. The minimum absolute atomic E-state index is 0.0663.